The molecule has 0 N–H and O–H groups in total. The molecule has 0 bridgehead atoms. The molecule has 1 rings (SSSR count). The smallest absolute Gasteiger partial charge is 0.306 e. The van der Waals surface area contributed by atoms with E-state index in [1.54, 1.807) is 6.92 Å². The predicted octanol–water partition coefficient (Wildman–Crippen LogP) is 1.53. The van der Waals surface area contributed by atoms with E-state index in [0.29, 0.717) is 12.3 Å². The number of nitrogens with zero attached hydrogens (tertiary/aromatic N) is 2. The molecule has 0 aliphatic carbocycles. The van der Waals surface area contributed by atoms with Gasteiger partial charge in [-0.25, -0.2) is 8.42 Å². The number of aryl methyl sites for hydroxylation is 1. The summed E-state index contributed by atoms with van der Waals surface area (Å²) in [4.78, 5) is 18.4. The Labute approximate surface area is 112 Å². The van der Waals surface area contributed by atoms with Gasteiger partial charge in [-0.2, -0.15) is 0 Å². The van der Waals surface area contributed by atoms with Gasteiger partial charge in [0.25, 0.3) is 5.82 Å². The Morgan fingerprint density at radius 3 is 2.68 bits per heavy atom. The van der Waals surface area contributed by atoms with Crippen LogP contribution in [0.15, 0.2) is 17.0 Å². The van der Waals surface area contributed by atoms with Gasteiger partial charge in [-0.3, -0.25) is 4.79 Å². The third-order valence-electron chi connectivity index (χ3n) is 2.27. The first kappa shape index (κ1) is 15.1. The summed E-state index contributed by atoms with van der Waals surface area (Å²) in [7, 11) is -3.41. The Morgan fingerprint density at radius 2 is 2.16 bits per heavy atom. The van der Waals surface area contributed by atoms with Gasteiger partial charge in [0.15, 0.2) is 9.84 Å². The van der Waals surface area contributed by atoms with Crippen LogP contribution in [0.3, 0.4) is 0 Å². The first-order valence-corrected chi connectivity index (χ1v) is 7.50. The summed E-state index contributed by atoms with van der Waals surface area (Å²) >= 11 is 0. The average molecular weight is 282 g/mol. The lowest BCUT2D eigenvalue weighted by Crippen LogP contribution is -2.06. The maximum atomic E-state index is 11.5. The monoisotopic (exact) mass is 282 g/mol. The van der Waals surface area contributed by atoms with Crippen molar-refractivity contribution in [3.63, 3.8) is 0 Å². The minimum Gasteiger partial charge on any atom is -0.466 e. The van der Waals surface area contributed by atoms with Gasteiger partial charge in [-0.15, -0.1) is 4.98 Å². The third kappa shape index (κ3) is 4.67. The summed E-state index contributed by atoms with van der Waals surface area (Å²) < 4.78 is 27.7. The van der Waals surface area contributed by atoms with E-state index in [9.17, 15) is 13.2 Å². The van der Waals surface area contributed by atoms with E-state index in [-0.39, 0.29) is 29.5 Å². The van der Waals surface area contributed by atoms with E-state index >= 15 is 0 Å². The number of pyridine rings is 1. The van der Waals surface area contributed by atoms with E-state index in [2.05, 4.69) is 9.83 Å². The van der Waals surface area contributed by atoms with E-state index in [4.69, 9.17) is 11.3 Å². The van der Waals surface area contributed by atoms with Gasteiger partial charge in [0.2, 0.25) is 0 Å². The summed E-state index contributed by atoms with van der Waals surface area (Å²) in [6.45, 7) is 8.90. The maximum absolute atomic E-state index is 11.5. The molecule has 19 heavy (non-hydrogen) atoms. The molecule has 1 heterocycles. The molecule has 0 spiro atoms. The molecule has 6 nitrogen and oxygen atoms in total. The number of esters is 1. The number of carbonyl (C=O) groups excluding carboxylic acids is 1. The highest BCUT2D eigenvalue weighted by Gasteiger charge is 2.14. The van der Waals surface area contributed by atoms with Crippen LogP contribution >= 0.6 is 0 Å². The highest BCUT2D eigenvalue weighted by atomic mass is 32.2. The van der Waals surface area contributed by atoms with Crippen molar-refractivity contribution in [1.29, 1.82) is 0 Å². The summed E-state index contributed by atoms with van der Waals surface area (Å²) in [5.74, 6) is -0.375. The largest absolute Gasteiger partial charge is 0.466 e. The van der Waals surface area contributed by atoms with Gasteiger partial charge in [0.1, 0.15) is 5.69 Å². The Balaban J connectivity index is 2.96. The number of hydrogen-bond acceptors (Lipinski definition) is 5. The zero-order valence-electron chi connectivity index (χ0n) is 10.7. The highest BCUT2D eigenvalue weighted by molar-refractivity contribution is 7.90. The molecule has 0 amide bonds. The SMILES string of the molecule is [C-]#[N+]c1cc(S(C)(=O)=O)cc(CCC(=O)OCC)n1. The van der Waals surface area contributed by atoms with Crippen LogP contribution < -0.4 is 0 Å². The Kier molecular flexibility index (Phi) is 5.01. The van der Waals surface area contributed by atoms with Crippen molar-refractivity contribution in [2.75, 3.05) is 12.9 Å². The van der Waals surface area contributed by atoms with E-state index in [1.807, 2.05) is 0 Å². The molecule has 0 aromatic carbocycles. The fourth-order valence-corrected chi connectivity index (χ4v) is 2.08. The molecule has 0 saturated carbocycles. The molecule has 7 heteroatoms. The quantitative estimate of drug-likeness (QED) is 0.604. The summed E-state index contributed by atoms with van der Waals surface area (Å²) in [6.07, 6.45) is 1.40. The topological polar surface area (TPSA) is 77.7 Å². The average Bonchev–Trinajstić information content (AvgIpc) is 2.35. The Bertz CT molecular complexity index is 617. The first-order chi connectivity index (χ1) is 8.86. The maximum Gasteiger partial charge on any atom is 0.306 e. The lowest BCUT2D eigenvalue weighted by atomic mass is 10.2. The number of hydrogen-bond donors (Lipinski definition) is 0. The fraction of sp³-hybridized carbons (Fsp3) is 0.417. The molecule has 1 aromatic rings. The Morgan fingerprint density at radius 1 is 1.47 bits per heavy atom. The molecule has 0 fully saturated rings. The van der Waals surface area contributed by atoms with Crippen LogP contribution in [0.25, 0.3) is 4.85 Å². The first-order valence-electron chi connectivity index (χ1n) is 5.61. The van der Waals surface area contributed by atoms with Crippen LogP contribution in [0.1, 0.15) is 19.0 Å². The zero-order chi connectivity index (χ0) is 14.5. The van der Waals surface area contributed by atoms with Crippen LogP contribution in [0.5, 0.6) is 0 Å². The van der Waals surface area contributed by atoms with Crippen LogP contribution in [-0.4, -0.2) is 32.2 Å². The van der Waals surface area contributed by atoms with Crippen molar-refractivity contribution < 1.29 is 17.9 Å². The lowest BCUT2D eigenvalue weighted by molar-refractivity contribution is -0.143. The molecule has 0 aliphatic heterocycles. The second kappa shape index (κ2) is 6.29. The molecular formula is C12H14N2O4S. The second-order valence-corrected chi connectivity index (χ2v) is 5.86. The summed E-state index contributed by atoms with van der Waals surface area (Å²) in [5.41, 5.74) is 0.391. The molecule has 102 valence electrons. The van der Waals surface area contributed by atoms with Crippen LogP contribution in [-0.2, 0) is 25.8 Å². The summed E-state index contributed by atoms with van der Waals surface area (Å²) in [5, 5.41) is 0. The standard InChI is InChI=1S/C12H14N2O4S/c1-4-18-12(15)6-5-9-7-10(19(3,16)17)8-11(13-2)14-9/h7-8H,4-6H2,1,3H3. The fourth-order valence-electron chi connectivity index (χ4n) is 1.41. The van der Waals surface area contributed by atoms with Gasteiger partial charge in [-0.1, -0.05) is 6.57 Å². The molecule has 0 radical (unpaired) electrons. The Hall–Kier alpha value is -1.94. The molecule has 0 atom stereocenters. The van der Waals surface area contributed by atoms with Crippen molar-refractivity contribution in [2.24, 2.45) is 0 Å². The van der Waals surface area contributed by atoms with Gasteiger partial charge >= 0.3 is 5.97 Å². The van der Waals surface area contributed by atoms with Gasteiger partial charge in [-0.05, 0) is 13.0 Å². The van der Waals surface area contributed by atoms with Crippen LogP contribution in [0.4, 0.5) is 5.82 Å². The number of ether oxygens (including phenoxy) is 1. The molecule has 0 unspecified atom stereocenters. The highest BCUT2D eigenvalue weighted by Crippen LogP contribution is 2.18. The summed E-state index contributed by atoms with van der Waals surface area (Å²) in [6, 6.07) is 2.60. The molecule has 0 saturated heterocycles. The molecule has 0 aliphatic rings. The van der Waals surface area contributed by atoms with Gasteiger partial charge in [0.05, 0.1) is 17.9 Å². The van der Waals surface area contributed by atoms with Crippen molar-refractivity contribution in [1.82, 2.24) is 4.98 Å². The van der Waals surface area contributed by atoms with Crippen molar-refractivity contribution in [2.45, 2.75) is 24.7 Å². The van der Waals surface area contributed by atoms with Gasteiger partial charge in [0, 0.05) is 18.7 Å². The van der Waals surface area contributed by atoms with Crippen LogP contribution in [0.2, 0.25) is 0 Å². The van der Waals surface area contributed by atoms with Crippen molar-refractivity contribution >= 4 is 21.6 Å². The predicted molar refractivity (Wildman–Crippen MR) is 68.6 cm³/mol. The number of rotatable bonds is 5. The number of aromatic nitrogens is 1. The van der Waals surface area contributed by atoms with Gasteiger partial charge < -0.3 is 9.58 Å². The van der Waals surface area contributed by atoms with E-state index in [0.717, 1.165) is 6.26 Å². The van der Waals surface area contributed by atoms with E-state index < -0.39 is 9.84 Å². The second-order valence-electron chi connectivity index (χ2n) is 3.84. The van der Waals surface area contributed by atoms with E-state index in [1.165, 1.54) is 12.1 Å². The molecule has 1 aromatic heterocycles. The minimum absolute atomic E-state index is 0.00165. The normalized spacial score (nSPS) is 10.8. The van der Waals surface area contributed by atoms with Crippen molar-refractivity contribution in [3.8, 4) is 0 Å². The lowest BCUT2D eigenvalue weighted by Gasteiger charge is -2.03. The van der Waals surface area contributed by atoms with Crippen molar-refractivity contribution in [3.05, 3.63) is 29.2 Å². The molecular weight excluding hydrogens is 268 g/mol. The van der Waals surface area contributed by atoms with Crippen LogP contribution in [0, 0.1) is 6.57 Å². The third-order valence-corrected chi connectivity index (χ3v) is 3.36. The number of sulfone groups is 1. The minimum atomic E-state index is -3.41. The zero-order valence-corrected chi connectivity index (χ0v) is 11.5. The number of carbonyl (C=O) groups is 1.